The Morgan fingerprint density at radius 3 is 2.84 bits per heavy atom. The fourth-order valence-corrected chi connectivity index (χ4v) is 4.49. The lowest BCUT2D eigenvalue weighted by Gasteiger charge is -2.23. The predicted molar refractivity (Wildman–Crippen MR) is 87.2 cm³/mol. The molecule has 1 N–H and O–H groups in total. The maximum absolute atomic E-state index is 6.12. The molecule has 2 heterocycles. The topological polar surface area (TPSA) is 20.7 Å². The van der Waals surface area contributed by atoms with Crippen LogP contribution >= 0.6 is 47.2 Å². The number of nitrogens with one attached hydrogen (secondary N) is 1. The van der Waals surface area contributed by atoms with Crippen molar-refractivity contribution in [2.24, 2.45) is 0 Å². The van der Waals surface area contributed by atoms with Gasteiger partial charge in [0.15, 0.2) is 4.77 Å². The summed E-state index contributed by atoms with van der Waals surface area (Å²) >= 11 is 19.6. The molecule has 2 nitrogen and oxygen atoms in total. The van der Waals surface area contributed by atoms with E-state index in [0.717, 1.165) is 22.3 Å². The molecule has 1 aliphatic heterocycles. The van der Waals surface area contributed by atoms with Gasteiger partial charge in [-0.15, -0.1) is 0 Å². The lowest BCUT2D eigenvalue weighted by Crippen LogP contribution is -2.23. The Labute approximate surface area is 131 Å². The number of rotatable bonds is 2. The standard InChI is InChI=1S/C13H14Cl2N2S2/c1-13(3-2-4-19-13)7-17-11-6-9(15)8(14)5-10(11)16-12(17)18/h5-6H,2-4,7H2,1H3,(H,16,18). The Morgan fingerprint density at radius 1 is 1.42 bits per heavy atom. The minimum absolute atomic E-state index is 0.263. The molecule has 1 aromatic heterocycles. The zero-order valence-corrected chi connectivity index (χ0v) is 13.6. The lowest BCUT2D eigenvalue weighted by molar-refractivity contribution is 0.515. The largest absolute Gasteiger partial charge is 0.331 e. The molecule has 1 saturated heterocycles. The van der Waals surface area contributed by atoms with Crippen molar-refractivity contribution >= 4 is 58.2 Å². The van der Waals surface area contributed by atoms with Crippen molar-refractivity contribution in [2.75, 3.05) is 5.75 Å². The monoisotopic (exact) mass is 332 g/mol. The Bertz CT molecular complexity index is 684. The van der Waals surface area contributed by atoms with E-state index in [1.807, 2.05) is 23.9 Å². The number of aromatic nitrogens is 2. The summed E-state index contributed by atoms with van der Waals surface area (Å²) in [5.74, 6) is 1.23. The number of thioether (sulfide) groups is 1. The molecule has 3 rings (SSSR count). The van der Waals surface area contributed by atoms with Gasteiger partial charge < -0.3 is 9.55 Å². The molecule has 0 aliphatic carbocycles. The molecule has 6 heteroatoms. The first-order valence-corrected chi connectivity index (χ1v) is 8.35. The maximum atomic E-state index is 6.12. The van der Waals surface area contributed by atoms with Gasteiger partial charge in [-0.3, -0.25) is 0 Å². The third-order valence-corrected chi connectivity index (χ3v) is 6.18. The van der Waals surface area contributed by atoms with Crippen LogP contribution in [-0.2, 0) is 6.54 Å². The first-order chi connectivity index (χ1) is 8.98. The van der Waals surface area contributed by atoms with Crippen LogP contribution < -0.4 is 0 Å². The Morgan fingerprint density at radius 2 is 2.16 bits per heavy atom. The fraction of sp³-hybridized carbons (Fsp3) is 0.462. The molecule has 1 unspecified atom stereocenters. The third kappa shape index (κ3) is 2.56. The van der Waals surface area contributed by atoms with Crippen LogP contribution in [0.25, 0.3) is 11.0 Å². The number of hydrogen-bond acceptors (Lipinski definition) is 2. The van der Waals surface area contributed by atoms with E-state index in [2.05, 4.69) is 16.5 Å². The van der Waals surface area contributed by atoms with E-state index in [-0.39, 0.29) is 4.75 Å². The van der Waals surface area contributed by atoms with E-state index < -0.39 is 0 Å². The molecule has 2 aromatic rings. The summed E-state index contributed by atoms with van der Waals surface area (Å²) in [6.45, 7) is 3.22. The highest BCUT2D eigenvalue weighted by Gasteiger charge is 2.30. The van der Waals surface area contributed by atoms with Gasteiger partial charge in [0.2, 0.25) is 0 Å². The quantitative estimate of drug-likeness (QED) is 0.754. The molecule has 102 valence electrons. The van der Waals surface area contributed by atoms with E-state index >= 15 is 0 Å². The number of benzene rings is 1. The van der Waals surface area contributed by atoms with Crippen LogP contribution in [0.2, 0.25) is 10.0 Å². The van der Waals surface area contributed by atoms with Crippen molar-refractivity contribution in [3.05, 3.63) is 26.9 Å². The van der Waals surface area contributed by atoms with Crippen LogP contribution in [0.4, 0.5) is 0 Å². The first kappa shape index (κ1) is 13.8. The van der Waals surface area contributed by atoms with E-state index in [1.165, 1.54) is 18.6 Å². The van der Waals surface area contributed by atoms with Crippen LogP contribution in [0.15, 0.2) is 12.1 Å². The molecule has 0 spiro atoms. The van der Waals surface area contributed by atoms with Gasteiger partial charge >= 0.3 is 0 Å². The van der Waals surface area contributed by atoms with Gasteiger partial charge in [0, 0.05) is 11.3 Å². The van der Waals surface area contributed by atoms with Gasteiger partial charge in [0.25, 0.3) is 0 Å². The number of aromatic amines is 1. The number of fused-ring (bicyclic) bond motifs is 1. The van der Waals surface area contributed by atoms with Gasteiger partial charge in [-0.2, -0.15) is 11.8 Å². The molecule has 1 fully saturated rings. The van der Waals surface area contributed by atoms with Crippen molar-refractivity contribution in [1.29, 1.82) is 0 Å². The first-order valence-electron chi connectivity index (χ1n) is 6.20. The van der Waals surface area contributed by atoms with Crippen molar-refractivity contribution in [3.8, 4) is 0 Å². The van der Waals surface area contributed by atoms with Gasteiger partial charge in [-0.25, -0.2) is 0 Å². The molecule has 0 radical (unpaired) electrons. The van der Waals surface area contributed by atoms with Gasteiger partial charge in [-0.05, 0) is 49.9 Å². The molecular formula is C13H14Cl2N2S2. The van der Waals surface area contributed by atoms with Gasteiger partial charge in [0.1, 0.15) is 0 Å². The Kier molecular flexibility index (Phi) is 3.63. The highest BCUT2D eigenvalue weighted by atomic mass is 35.5. The summed E-state index contributed by atoms with van der Waals surface area (Å²) in [6.07, 6.45) is 2.51. The van der Waals surface area contributed by atoms with E-state index in [0.29, 0.717) is 10.0 Å². The molecule has 0 bridgehead atoms. The zero-order valence-electron chi connectivity index (χ0n) is 10.5. The molecular weight excluding hydrogens is 319 g/mol. The van der Waals surface area contributed by atoms with Crippen LogP contribution in [0.5, 0.6) is 0 Å². The number of imidazole rings is 1. The normalized spacial score (nSPS) is 23.3. The predicted octanol–water partition coefficient (Wildman–Crippen LogP) is 5.29. The molecule has 1 aromatic carbocycles. The smallest absolute Gasteiger partial charge is 0.178 e. The van der Waals surface area contributed by atoms with E-state index in [4.69, 9.17) is 35.4 Å². The van der Waals surface area contributed by atoms with Crippen molar-refractivity contribution in [2.45, 2.75) is 31.1 Å². The summed E-state index contributed by atoms with van der Waals surface area (Å²) in [7, 11) is 0. The third-order valence-electron chi connectivity index (χ3n) is 3.61. The van der Waals surface area contributed by atoms with Crippen LogP contribution in [0.3, 0.4) is 0 Å². The molecule has 19 heavy (non-hydrogen) atoms. The number of H-pyrrole nitrogens is 1. The Balaban J connectivity index is 2.10. The lowest BCUT2D eigenvalue weighted by atomic mass is 10.1. The van der Waals surface area contributed by atoms with Crippen LogP contribution in [0, 0.1) is 4.77 Å². The summed E-state index contributed by atoms with van der Waals surface area (Å²) in [5, 5.41) is 1.13. The molecule has 1 aliphatic rings. The van der Waals surface area contributed by atoms with Crippen molar-refractivity contribution < 1.29 is 0 Å². The summed E-state index contributed by atoms with van der Waals surface area (Å²) < 4.78 is 3.15. The average molecular weight is 333 g/mol. The summed E-state index contributed by atoms with van der Waals surface area (Å²) in [5.41, 5.74) is 1.99. The van der Waals surface area contributed by atoms with Crippen molar-refractivity contribution in [1.82, 2.24) is 9.55 Å². The summed E-state index contributed by atoms with van der Waals surface area (Å²) in [6, 6.07) is 3.74. The second-order valence-corrected chi connectivity index (χ2v) is 8.09. The van der Waals surface area contributed by atoms with Crippen molar-refractivity contribution in [3.63, 3.8) is 0 Å². The number of halogens is 2. The minimum Gasteiger partial charge on any atom is -0.331 e. The van der Waals surface area contributed by atoms with E-state index in [1.54, 1.807) is 0 Å². The second-order valence-electron chi connectivity index (χ2n) is 5.20. The fourth-order valence-electron chi connectivity index (χ4n) is 2.60. The average Bonchev–Trinajstić information content (AvgIpc) is 2.88. The van der Waals surface area contributed by atoms with Crippen LogP contribution in [-0.4, -0.2) is 20.1 Å². The highest BCUT2D eigenvalue weighted by Crippen LogP contribution is 2.40. The van der Waals surface area contributed by atoms with Crippen LogP contribution in [0.1, 0.15) is 19.8 Å². The number of nitrogens with zero attached hydrogens (tertiary/aromatic N) is 1. The number of hydrogen-bond donors (Lipinski definition) is 1. The molecule has 0 amide bonds. The zero-order chi connectivity index (χ0) is 13.6. The van der Waals surface area contributed by atoms with Gasteiger partial charge in [0.05, 0.1) is 21.1 Å². The maximum Gasteiger partial charge on any atom is 0.178 e. The molecule has 1 atom stereocenters. The summed E-state index contributed by atoms with van der Waals surface area (Å²) in [4.78, 5) is 3.21. The molecule has 0 saturated carbocycles. The van der Waals surface area contributed by atoms with E-state index in [9.17, 15) is 0 Å². The second kappa shape index (κ2) is 4.99. The minimum atomic E-state index is 0.263. The Hall–Kier alpha value is -0.160. The van der Waals surface area contributed by atoms with Gasteiger partial charge in [-0.1, -0.05) is 23.2 Å². The highest BCUT2D eigenvalue weighted by molar-refractivity contribution is 8.00. The SMILES string of the molecule is CC1(Cn2c(=S)[nH]c3cc(Cl)c(Cl)cc32)CCCS1.